The van der Waals surface area contributed by atoms with Gasteiger partial charge in [-0.2, -0.15) is 0 Å². The molecule has 0 aliphatic heterocycles. The maximum absolute atomic E-state index is 11.1. The Labute approximate surface area is 192 Å². The summed E-state index contributed by atoms with van der Waals surface area (Å²) >= 11 is 8.76. The minimum Gasteiger partial charge on any atom is -0.293 e. The molecule has 0 amide bonds. The highest BCUT2D eigenvalue weighted by atomic mass is 79.9. The lowest BCUT2D eigenvalue weighted by Gasteiger charge is -2.18. The number of hydrogen-bond acceptors (Lipinski definition) is 1. The molecule has 0 heterocycles. The SMILES string of the molecule is O=C(CBr)c1cccc(Cl)c1.c1ccc(P(c2ccccc2)c2ccccc2)cc1. The summed E-state index contributed by atoms with van der Waals surface area (Å²) in [6.07, 6.45) is 0. The highest BCUT2D eigenvalue weighted by molar-refractivity contribution is 9.09. The summed E-state index contributed by atoms with van der Waals surface area (Å²) in [7, 11) is -0.446. The molecule has 0 aliphatic rings. The van der Waals surface area contributed by atoms with Crippen molar-refractivity contribution in [1.29, 1.82) is 0 Å². The molecule has 0 saturated carbocycles. The minimum atomic E-state index is -0.446. The molecule has 4 heteroatoms. The first-order chi connectivity index (χ1) is 14.7. The van der Waals surface area contributed by atoms with E-state index in [9.17, 15) is 4.79 Å². The zero-order valence-corrected chi connectivity index (χ0v) is 19.5. The first-order valence-corrected chi connectivity index (χ1v) is 12.3. The predicted octanol–water partition coefficient (Wildman–Crippen LogP) is 6.36. The van der Waals surface area contributed by atoms with Crippen molar-refractivity contribution in [1.82, 2.24) is 0 Å². The Balaban J connectivity index is 0.000000199. The van der Waals surface area contributed by atoms with Crippen LogP contribution in [0.5, 0.6) is 0 Å². The fourth-order valence-corrected chi connectivity index (χ4v) is 5.74. The number of ketones is 1. The van der Waals surface area contributed by atoms with Crippen LogP contribution in [-0.2, 0) is 0 Å². The Morgan fingerprint density at radius 2 is 1.10 bits per heavy atom. The molecule has 0 bridgehead atoms. The Morgan fingerprint density at radius 1 is 0.667 bits per heavy atom. The van der Waals surface area contributed by atoms with Gasteiger partial charge in [0.2, 0.25) is 0 Å². The molecule has 0 radical (unpaired) electrons. The number of benzene rings is 4. The molecule has 0 atom stereocenters. The summed E-state index contributed by atoms with van der Waals surface area (Å²) in [6.45, 7) is 0. The first kappa shape index (κ1) is 22.4. The van der Waals surface area contributed by atoms with Crippen molar-refractivity contribution in [3.63, 3.8) is 0 Å². The number of alkyl halides is 1. The number of rotatable bonds is 5. The third kappa shape index (κ3) is 6.37. The molecular formula is C26H21BrClOP. The standard InChI is InChI=1S/C18H15P.C8H6BrClO/c1-4-10-16(11-5-1)19(17-12-6-2-7-13-17)18-14-8-3-9-15-18;9-5-8(11)6-2-1-3-7(10)4-6/h1-15H;1-4H,5H2. The van der Waals surface area contributed by atoms with E-state index in [1.54, 1.807) is 24.3 Å². The van der Waals surface area contributed by atoms with Gasteiger partial charge in [-0.3, -0.25) is 4.79 Å². The van der Waals surface area contributed by atoms with Crippen LogP contribution in [0.3, 0.4) is 0 Å². The number of carbonyl (C=O) groups excluding carboxylic acids is 1. The predicted molar refractivity (Wildman–Crippen MR) is 135 cm³/mol. The molecule has 0 spiro atoms. The van der Waals surface area contributed by atoms with Crippen LogP contribution in [0.2, 0.25) is 5.02 Å². The van der Waals surface area contributed by atoms with E-state index >= 15 is 0 Å². The first-order valence-electron chi connectivity index (χ1n) is 9.49. The summed E-state index contributed by atoms with van der Waals surface area (Å²) in [5, 5.41) is 5.13. The van der Waals surface area contributed by atoms with Crippen LogP contribution in [0.1, 0.15) is 10.4 Å². The molecule has 0 N–H and O–H groups in total. The van der Waals surface area contributed by atoms with Gasteiger partial charge < -0.3 is 0 Å². The molecular weight excluding hydrogens is 475 g/mol. The lowest BCUT2D eigenvalue weighted by atomic mass is 10.2. The van der Waals surface area contributed by atoms with Crippen LogP contribution >= 0.6 is 35.5 Å². The van der Waals surface area contributed by atoms with Crippen molar-refractivity contribution < 1.29 is 4.79 Å². The summed E-state index contributed by atoms with van der Waals surface area (Å²) in [5.41, 5.74) is 0.648. The zero-order chi connectivity index (χ0) is 21.2. The van der Waals surface area contributed by atoms with Crippen LogP contribution in [0.15, 0.2) is 115 Å². The molecule has 4 aromatic rings. The second kappa shape index (κ2) is 11.8. The van der Waals surface area contributed by atoms with E-state index in [2.05, 4.69) is 107 Å². The van der Waals surface area contributed by atoms with Crippen LogP contribution in [0.25, 0.3) is 0 Å². The quantitative estimate of drug-likeness (QED) is 0.179. The van der Waals surface area contributed by atoms with Crippen molar-refractivity contribution in [2.24, 2.45) is 0 Å². The molecule has 0 aromatic heterocycles. The van der Waals surface area contributed by atoms with Gasteiger partial charge in [0.1, 0.15) is 0 Å². The molecule has 0 unspecified atom stereocenters. The normalized spacial score (nSPS) is 10.2. The second-order valence-corrected chi connectivity index (χ2v) is 9.63. The van der Waals surface area contributed by atoms with E-state index in [1.807, 2.05) is 0 Å². The van der Waals surface area contributed by atoms with Gasteiger partial charge in [0, 0.05) is 10.6 Å². The Bertz CT molecular complexity index is 962. The molecule has 150 valence electrons. The van der Waals surface area contributed by atoms with E-state index in [0.29, 0.717) is 15.9 Å². The maximum Gasteiger partial charge on any atom is 0.173 e. The zero-order valence-electron chi connectivity index (χ0n) is 16.3. The maximum atomic E-state index is 11.1. The number of Topliss-reactive ketones (excluding diaryl/α,β-unsaturated/α-hetero) is 1. The van der Waals surface area contributed by atoms with Crippen molar-refractivity contribution >= 4 is 57.1 Å². The van der Waals surface area contributed by atoms with Gasteiger partial charge in [0.25, 0.3) is 0 Å². The second-order valence-electron chi connectivity index (χ2n) is 6.41. The molecule has 0 fully saturated rings. The molecule has 0 saturated heterocycles. The Morgan fingerprint density at radius 3 is 1.47 bits per heavy atom. The molecule has 4 rings (SSSR count). The molecule has 30 heavy (non-hydrogen) atoms. The van der Waals surface area contributed by atoms with Gasteiger partial charge in [0.05, 0.1) is 5.33 Å². The Hall–Kier alpha value is -2.25. The summed E-state index contributed by atoms with van der Waals surface area (Å²) in [5.74, 6) is 0.0486. The third-order valence-electron chi connectivity index (χ3n) is 4.31. The van der Waals surface area contributed by atoms with Crippen LogP contribution in [0, 0.1) is 0 Å². The van der Waals surface area contributed by atoms with Gasteiger partial charge in [-0.05, 0) is 36.0 Å². The Kier molecular flexibility index (Phi) is 8.83. The number of carbonyl (C=O) groups is 1. The van der Waals surface area contributed by atoms with Crippen LogP contribution in [-0.4, -0.2) is 11.1 Å². The van der Waals surface area contributed by atoms with Crippen LogP contribution in [0.4, 0.5) is 0 Å². The van der Waals surface area contributed by atoms with Crippen molar-refractivity contribution in [3.05, 3.63) is 126 Å². The van der Waals surface area contributed by atoms with Gasteiger partial charge in [-0.25, -0.2) is 0 Å². The van der Waals surface area contributed by atoms with Crippen molar-refractivity contribution in [2.75, 3.05) is 5.33 Å². The smallest absolute Gasteiger partial charge is 0.173 e. The van der Waals surface area contributed by atoms with Crippen LogP contribution < -0.4 is 15.9 Å². The lowest BCUT2D eigenvalue weighted by Crippen LogP contribution is -2.20. The highest BCUT2D eigenvalue weighted by Gasteiger charge is 2.15. The molecule has 1 nitrogen and oxygen atoms in total. The summed E-state index contributed by atoms with van der Waals surface area (Å²) in [6, 6.07) is 39.2. The summed E-state index contributed by atoms with van der Waals surface area (Å²) in [4.78, 5) is 11.1. The average Bonchev–Trinajstić information content (AvgIpc) is 2.81. The fraction of sp³-hybridized carbons (Fsp3) is 0.0385. The minimum absolute atomic E-state index is 0.0486. The van der Waals surface area contributed by atoms with E-state index in [0.717, 1.165) is 0 Å². The lowest BCUT2D eigenvalue weighted by molar-refractivity contribution is 0.102. The molecule has 4 aromatic carbocycles. The average molecular weight is 496 g/mol. The number of hydrogen-bond donors (Lipinski definition) is 0. The van der Waals surface area contributed by atoms with E-state index in [1.165, 1.54) is 15.9 Å². The number of halogens is 2. The highest BCUT2D eigenvalue weighted by Crippen LogP contribution is 2.32. The summed E-state index contributed by atoms with van der Waals surface area (Å²) < 4.78 is 0. The molecule has 0 aliphatic carbocycles. The topological polar surface area (TPSA) is 17.1 Å². The largest absolute Gasteiger partial charge is 0.293 e. The van der Waals surface area contributed by atoms with Gasteiger partial charge in [0.15, 0.2) is 5.78 Å². The van der Waals surface area contributed by atoms with Crippen molar-refractivity contribution in [3.8, 4) is 0 Å². The van der Waals surface area contributed by atoms with E-state index in [4.69, 9.17) is 11.6 Å². The van der Waals surface area contributed by atoms with Gasteiger partial charge in [-0.15, -0.1) is 0 Å². The third-order valence-corrected chi connectivity index (χ3v) is 7.50. The van der Waals surface area contributed by atoms with Gasteiger partial charge in [-0.1, -0.05) is 131 Å². The van der Waals surface area contributed by atoms with Gasteiger partial charge >= 0.3 is 0 Å². The fourth-order valence-electron chi connectivity index (χ4n) is 2.92. The van der Waals surface area contributed by atoms with E-state index < -0.39 is 7.92 Å². The van der Waals surface area contributed by atoms with Crippen molar-refractivity contribution in [2.45, 2.75) is 0 Å². The monoisotopic (exact) mass is 494 g/mol. The van der Waals surface area contributed by atoms with E-state index in [-0.39, 0.29) is 5.78 Å².